The van der Waals surface area contributed by atoms with Crippen LogP contribution in [0.1, 0.15) is 35.1 Å². The lowest BCUT2D eigenvalue weighted by Gasteiger charge is -2.37. The molecule has 2 N–H and O–H groups in total. The van der Waals surface area contributed by atoms with Gasteiger partial charge in [-0.2, -0.15) is 0 Å². The van der Waals surface area contributed by atoms with Crippen molar-refractivity contribution in [3.63, 3.8) is 0 Å². The molecule has 0 amide bonds. The van der Waals surface area contributed by atoms with Crippen molar-refractivity contribution in [2.24, 2.45) is 5.92 Å². The molecule has 0 bridgehead atoms. The normalized spacial score (nSPS) is 21.5. The second-order valence-electron chi connectivity index (χ2n) is 8.34. The maximum Gasteiger partial charge on any atom is 0.261 e. The monoisotopic (exact) mass is 528 g/mol. The Bertz CT molecular complexity index is 1340. The minimum atomic E-state index is -3.75. The van der Waals surface area contributed by atoms with Crippen LogP contribution >= 0.6 is 27.5 Å². The lowest BCUT2D eigenvalue weighted by Crippen LogP contribution is -2.29. The molecule has 3 aromatic carbocycles. The van der Waals surface area contributed by atoms with Crippen molar-refractivity contribution >= 4 is 48.9 Å². The minimum Gasteiger partial charge on any atom is -0.378 e. The van der Waals surface area contributed by atoms with Crippen molar-refractivity contribution in [3.8, 4) is 0 Å². The molecule has 3 aromatic rings. The molecule has 164 valence electrons. The van der Waals surface area contributed by atoms with E-state index in [9.17, 15) is 8.42 Å². The molecule has 7 heteroatoms. The van der Waals surface area contributed by atoms with E-state index >= 15 is 0 Å². The van der Waals surface area contributed by atoms with Crippen LogP contribution in [0.3, 0.4) is 0 Å². The maximum absolute atomic E-state index is 13.2. The van der Waals surface area contributed by atoms with Crippen molar-refractivity contribution in [3.05, 3.63) is 99.0 Å². The zero-order valence-corrected chi connectivity index (χ0v) is 20.5. The lowest BCUT2D eigenvalue weighted by atomic mass is 9.77. The number of allylic oxidation sites excluding steroid dienone is 2. The van der Waals surface area contributed by atoms with Gasteiger partial charge in [0.2, 0.25) is 0 Å². The lowest BCUT2D eigenvalue weighted by molar-refractivity contribution is 0.425. The van der Waals surface area contributed by atoms with E-state index < -0.39 is 10.0 Å². The van der Waals surface area contributed by atoms with Gasteiger partial charge < -0.3 is 5.32 Å². The van der Waals surface area contributed by atoms with E-state index in [-0.39, 0.29) is 16.9 Å². The summed E-state index contributed by atoms with van der Waals surface area (Å²) in [6, 6.07) is 19.0. The predicted molar refractivity (Wildman–Crippen MR) is 134 cm³/mol. The first kappa shape index (κ1) is 21.6. The van der Waals surface area contributed by atoms with Crippen LogP contribution in [0.25, 0.3) is 0 Å². The molecule has 0 saturated carbocycles. The van der Waals surface area contributed by atoms with Crippen LogP contribution in [0.15, 0.2) is 82.2 Å². The molecule has 0 fully saturated rings. The first-order valence-corrected chi connectivity index (χ1v) is 13.1. The molecule has 0 radical (unpaired) electrons. The number of anilines is 2. The van der Waals surface area contributed by atoms with E-state index in [1.165, 1.54) is 5.56 Å². The topological polar surface area (TPSA) is 58.2 Å². The quantitative estimate of drug-likeness (QED) is 0.356. The van der Waals surface area contributed by atoms with Crippen LogP contribution in [-0.2, 0) is 10.0 Å². The summed E-state index contributed by atoms with van der Waals surface area (Å²) >= 11 is 9.64. The van der Waals surface area contributed by atoms with Crippen LogP contribution in [-0.4, -0.2) is 8.42 Å². The van der Waals surface area contributed by atoms with Gasteiger partial charge in [0.1, 0.15) is 0 Å². The van der Waals surface area contributed by atoms with Crippen LogP contribution in [0, 0.1) is 12.8 Å². The standard InChI is InChI=1S/C25H22BrClN2O2S/c1-15-8-9-18(27)13-24(15)29-32(30,31)19-10-11-23-22(14-19)20-6-3-7-21(20)25(28-23)16-4-2-5-17(26)12-16/h2-6,8-14,20-21,25,28-29H,7H2,1H3/t20-,21+,25+/m0/s1. The number of halogens is 2. The van der Waals surface area contributed by atoms with Crippen molar-refractivity contribution in [1.29, 1.82) is 0 Å². The molecule has 4 nitrogen and oxygen atoms in total. The van der Waals surface area contributed by atoms with Gasteiger partial charge in [-0.3, -0.25) is 4.72 Å². The van der Waals surface area contributed by atoms with Gasteiger partial charge in [0, 0.05) is 21.1 Å². The third kappa shape index (κ3) is 3.96. The molecule has 1 aliphatic heterocycles. The van der Waals surface area contributed by atoms with Crippen LogP contribution in [0.2, 0.25) is 5.02 Å². The largest absolute Gasteiger partial charge is 0.378 e. The SMILES string of the molecule is Cc1ccc(Cl)cc1NS(=O)(=O)c1ccc2c(c1)[C@H]1C=CC[C@H]1[C@@H](c1cccc(Br)c1)N2. The average molecular weight is 530 g/mol. The molecule has 1 heterocycles. The molecular formula is C25H22BrClN2O2S. The van der Waals surface area contributed by atoms with Crippen molar-refractivity contribution in [2.75, 3.05) is 10.0 Å². The fraction of sp³-hybridized carbons (Fsp3) is 0.200. The van der Waals surface area contributed by atoms with Crippen molar-refractivity contribution in [1.82, 2.24) is 0 Å². The summed E-state index contributed by atoms with van der Waals surface area (Å²) in [5, 5.41) is 4.15. The summed E-state index contributed by atoms with van der Waals surface area (Å²) in [5.74, 6) is 0.496. The third-order valence-corrected chi connectivity index (χ3v) is 8.39. The summed E-state index contributed by atoms with van der Waals surface area (Å²) in [4.78, 5) is 0.248. The van der Waals surface area contributed by atoms with E-state index in [1.807, 2.05) is 25.1 Å². The summed E-state index contributed by atoms with van der Waals surface area (Å²) < 4.78 is 30.1. The Morgan fingerprint density at radius 1 is 1.09 bits per heavy atom. The molecule has 32 heavy (non-hydrogen) atoms. The molecule has 2 aliphatic rings. The van der Waals surface area contributed by atoms with Crippen LogP contribution in [0.5, 0.6) is 0 Å². The number of sulfonamides is 1. The van der Waals surface area contributed by atoms with Crippen LogP contribution in [0.4, 0.5) is 11.4 Å². The zero-order valence-electron chi connectivity index (χ0n) is 17.3. The highest BCUT2D eigenvalue weighted by Gasteiger charge is 2.38. The number of rotatable bonds is 4. The number of hydrogen-bond donors (Lipinski definition) is 2. The minimum absolute atomic E-state index is 0.162. The van der Waals surface area contributed by atoms with Gasteiger partial charge in [0.15, 0.2) is 0 Å². The van der Waals surface area contributed by atoms with Gasteiger partial charge in [-0.05, 0) is 78.4 Å². The molecular weight excluding hydrogens is 508 g/mol. The highest BCUT2D eigenvalue weighted by molar-refractivity contribution is 9.10. The molecule has 0 spiro atoms. The van der Waals surface area contributed by atoms with E-state index in [1.54, 1.807) is 30.3 Å². The fourth-order valence-electron chi connectivity index (χ4n) is 4.68. The van der Waals surface area contributed by atoms with Gasteiger partial charge >= 0.3 is 0 Å². The summed E-state index contributed by atoms with van der Waals surface area (Å²) in [5.41, 5.74) is 4.51. The summed E-state index contributed by atoms with van der Waals surface area (Å²) in [6.07, 6.45) is 5.36. The number of fused-ring (bicyclic) bond motifs is 3. The number of aryl methyl sites for hydroxylation is 1. The Kier molecular flexibility index (Phi) is 5.56. The van der Waals surface area contributed by atoms with E-state index in [2.05, 4.69) is 50.3 Å². The number of benzene rings is 3. The van der Waals surface area contributed by atoms with E-state index in [0.29, 0.717) is 16.6 Å². The van der Waals surface area contributed by atoms with E-state index in [4.69, 9.17) is 11.6 Å². The van der Waals surface area contributed by atoms with Crippen molar-refractivity contribution < 1.29 is 8.42 Å². The van der Waals surface area contributed by atoms with Gasteiger partial charge in [0.25, 0.3) is 10.0 Å². The number of hydrogen-bond acceptors (Lipinski definition) is 3. The first-order valence-electron chi connectivity index (χ1n) is 10.4. The highest BCUT2D eigenvalue weighted by Crippen LogP contribution is 2.50. The summed E-state index contributed by atoms with van der Waals surface area (Å²) in [7, 11) is -3.75. The van der Waals surface area contributed by atoms with Crippen LogP contribution < -0.4 is 10.0 Å². The Balaban J connectivity index is 1.50. The Morgan fingerprint density at radius 3 is 2.75 bits per heavy atom. The molecule has 5 rings (SSSR count). The fourth-order valence-corrected chi connectivity index (χ4v) is 6.42. The third-order valence-electron chi connectivity index (χ3n) is 6.30. The van der Waals surface area contributed by atoms with Gasteiger partial charge in [-0.1, -0.05) is 57.9 Å². The second kappa shape index (κ2) is 8.25. The molecule has 0 unspecified atom stereocenters. The van der Waals surface area contributed by atoms with Gasteiger partial charge in [-0.15, -0.1) is 0 Å². The molecule has 1 aliphatic carbocycles. The van der Waals surface area contributed by atoms with Gasteiger partial charge in [-0.25, -0.2) is 8.42 Å². The van der Waals surface area contributed by atoms with E-state index in [0.717, 1.165) is 27.7 Å². The predicted octanol–water partition coefficient (Wildman–Crippen LogP) is 7.04. The Morgan fingerprint density at radius 2 is 1.94 bits per heavy atom. The molecule has 0 saturated heterocycles. The number of nitrogens with one attached hydrogen (secondary N) is 2. The Labute approximate surface area is 201 Å². The summed E-state index contributed by atoms with van der Waals surface area (Å²) in [6.45, 7) is 1.85. The Hall–Kier alpha value is -2.28. The first-order chi connectivity index (χ1) is 15.3. The second-order valence-corrected chi connectivity index (χ2v) is 11.4. The van der Waals surface area contributed by atoms with Gasteiger partial charge in [0.05, 0.1) is 16.6 Å². The smallest absolute Gasteiger partial charge is 0.261 e. The van der Waals surface area contributed by atoms with Crippen molar-refractivity contribution in [2.45, 2.75) is 30.2 Å². The molecule has 0 aromatic heterocycles. The highest BCUT2D eigenvalue weighted by atomic mass is 79.9. The zero-order chi connectivity index (χ0) is 22.5. The average Bonchev–Trinajstić information content (AvgIpc) is 3.25. The maximum atomic E-state index is 13.2. The molecule has 3 atom stereocenters.